The van der Waals surface area contributed by atoms with Crippen LogP contribution in [0.15, 0.2) is 53.1 Å². The first-order valence-electron chi connectivity index (χ1n) is 9.85. The Morgan fingerprint density at radius 1 is 1.23 bits per heavy atom. The van der Waals surface area contributed by atoms with Crippen molar-refractivity contribution >= 4 is 35.1 Å². The van der Waals surface area contributed by atoms with Crippen molar-refractivity contribution in [3.8, 4) is 11.3 Å². The van der Waals surface area contributed by atoms with E-state index >= 15 is 0 Å². The maximum atomic E-state index is 12.5. The standard InChI is InChI=1S/C23H25ClN2O3S/c1-4-13-30-14-17-9-11-18(12-10-17)22-21(15(2)26-29-22)25-23(27)28-16(3)19-7-5-6-8-20(19)24/h5-12,16H,4,13-14H2,1-3H3,(H,25,27). The Balaban J connectivity index is 1.70. The van der Waals surface area contributed by atoms with Gasteiger partial charge in [0.25, 0.3) is 0 Å². The fraction of sp³-hybridized carbons (Fsp3) is 0.304. The lowest BCUT2D eigenvalue weighted by Gasteiger charge is -2.15. The van der Waals surface area contributed by atoms with Crippen molar-refractivity contribution in [1.82, 2.24) is 5.16 Å². The molecule has 0 aliphatic heterocycles. The summed E-state index contributed by atoms with van der Waals surface area (Å²) in [6.07, 6.45) is 0.0742. The molecule has 1 amide bonds. The van der Waals surface area contributed by atoms with Gasteiger partial charge in [-0.25, -0.2) is 4.79 Å². The van der Waals surface area contributed by atoms with Crippen LogP contribution in [-0.2, 0) is 10.5 Å². The molecule has 0 aliphatic rings. The maximum Gasteiger partial charge on any atom is 0.412 e. The third-order valence-corrected chi connectivity index (χ3v) is 6.13. The molecule has 1 heterocycles. The topological polar surface area (TPSA) is 64.4 Å². The molecule has 1 atom stereocenters. The van der Waals surface area contributed by atoms with Crippen LogP contribution in [0.1, 0.15) is 43.2 Å². The number of carbonyl (C=O) groups is 1. The van der Waals surface area contributed by atoms with Gasteiger partial charge in [0.1, 0.15) is 17.5 Å². The van der Waals surface area contributed by atoms with Gasteiger partial charge in [0, 0.05) is 21.9 Å². The van der Waals surface area contributed by atoms with Crippen molar-refractivity contribution in [1.29, 1.82) is 0 Å². The molecule has 1 unspecified atom stereocenters. The molecule has 1 aromatic heterocycles. The van der Waals surface area contributed by atoms with Gasteiger partial charge in [-0.15, -0.1) is 0 Å². The van der Waals surface area contributed by atoms with Gasteiger partial charge in [0.2, 0.25) is 0 Å². The number of nitrogens with one attached hydrogen (secondary N) is 1. The Hall–Kier alpha value is -2.44. The van der Waals surface area contributed by atoms with E-state index in [-0.39, 0.29) is 0 Å². The largest absolute Gasteiger partial charge is 0.441 e. The summed E-state index contributed by atoms with van der Waals surface area (Å²) in [6.45, 7) is 5.73. The molecule has 1 N–H and O–H groups in total. The molecule has 0 saturated carbocycles. The Morgan fingerprint density at radius 3 is 2.67 bits per heavy atom. The molecule has 158 valence electrons. The van der Waals surface area contributed by atoms with E-state index in [9.17, 15) is 4.79 Å². The molecule has 0 saturated heterocycles. The zero-order chi connectivity index (χ0) is 21.5. The van der Waals surface area contributed by atoms with Crippen molar-refractivity contribution in [2.45, 2.75) is 39.0 Å². The third kappa shape index (κ3) is 5.58. The summed E-state index contributed by atoms with van der Waals surface area (Å²) in [5, 5.41) is 7.33. The lowest BCUT2D eigenvalue weighted by molar-refractivity contribution is 0.121. The number of benzene rings is 2. The number of amides is 1. The van der Waals surface area contributed by atoms with Crippen LogP contribution in [0.5, 0.6) is 0 Å². The minimum atomic E-state index is -0.595. The SMILES string of the molecule is CCCSCc1ccc(-c2onc(C)c2NC(=O)OC(C)c2ccccc2Cl)cc1. The van der Waals surface area contributed by atoms with E-state index in [4.69, 9.17) is 20.9 Å². The summed E-state index contributed by atoms with van der Waals surface area (Å²) in [6, 6.07) is 15.4. The summed E-state index contributed by atoms with van der Waals surface area (Å²) in [4.78, 5) is 12.5. The van der Waals surface area contributed by atoms with E-state index in [1.54, 1.807) is 19.9 Å². The zero-order valence-corrected chi connectivity index (χ0v) is 18.8. The van der Waals surface area contributed by atoms with Gasteiger partial charge in [-0.2, -0.15) is 11.8 Å². The second-order valence-corrected chi connectivity index (χ2v) is 8.43. The molecule has 30 heavy (non-hydrogen) atoms. The predicted octanol–water partition coefficient (Wildman–Crippen LogP) is 7.26. The van der Waals surface area contributed by atoms with Gasteiger partial charge in [-0.3, -0.25) is 5.32 Å². The number of nitrogens with zero attached hydrogens (tertiary/aromatic N) is 1. The summed E-state index contributed by atoms with van der Waals surface area (Å²) in [5.74, 6) is 2.62. The summed E-state index contributed by atoms with van der Waals surface area (Å²) >= 11 is 8.10. The molecule has 0 bridgehead atoms. The highest BCUT2D eigenvalue weighted by molar-refractivity contribution is 7.98. The Kier molecular flexibility index (Phi) is 7.82. The molecule has 0 fully saturated rings. The van der Waals surface area contributed by atoms with E-state index < -0.39 is 12.2 Å². The molecule has 3 aromatic rings. The monoisotopic (exact) mass is 444 g/mol. The van der Waals surface area contributed by atoms with Crippen molar-refractivity contribution < 1.29 is 14.1 Å². The number of aryl methyl sites for hydroxylation is 1. The third-order valence-electron chi connectivity index (χ3n) is 4.55. The highest BCUT2D eigenvalue weighted by Crippen LogP contribution is 2.32. The molecule has 3 rings (SSSR count). The summed E-state index contributed by atoms with van der Waals surface area (Å²) in [7, 11) is 0. The molecule has 5 nitrogen and oxygen atoms in total. The summed E-state index contributed by atoms with van der Waals surface area (Å²) < 4.78 is 11.0. The second-order valence-electron chi connectivity index (χ2n) is 6.92. The van der Waals surface area contributed by atoms with Crippen LogP contribution in [0.4, 0.5) is 10.5 Å². The minimum absolute atomic E-state index is 0.498. The van der Waals surface area contributed by atoms with Crippen LogP contribution in [-0.4, -0.2) is 17.0 Å². The van der Waals surface area contributed by atoms with Gasteiger partial charge in [0.05, 0.1) is 0 Å². The molecule has 0 radical (unpaired) electrons. The number of halogens is 1. The van der Waals surface area contributed by atoms with Gasteiger partial charge in [0.15, 0.2) is 5.76 Å². The van der Waals surface area contributed by atoms with E-state index in [2.05, 4.69) is 29.5 Å². The predicted molar refractivity (Wildman–Crippen MR) is 123 cm³/mol. The zero-order valence-electron chi connectivity index (χ0n) is 17.3. The molecular formula is C23H25ClN2O3S. The number of rotatable bonds is 8. The average Bonchev–Trinajstić information content (AvgIpc) is 3.09. The quantitative estimate of drug-likeness (QED) is 0.370. The first-order chi connectivity index (χ1) is 14.5. The number of hydrogen-bond donors (Lipinski definition) is 1. The molecular weight excluding hydrogens is 420 g/mol. The second kappa shape index (κ2) is 10.5. The van der Waals surface area contributed by atoms with Gasteiger partial charge >= 0.3 is 6.09 Å². The fourth-order valence-corrected chi connectivity index (χ4v) is 4.11. The van der Waals surface area contributed by atoms with Crippen molar-refractivity contribution in [2.24, 2.45) is 0 Å². The molecule has 0 aliphatic carbocycles. The normalized spacial score (nSPS) is 11.9. The number of ether oxygens (including phenoxy) is 1. The first kappa shape index (κ1) is 22.2. The van der Waals surface area contributed by atoms with Gasteiger partial charge < -0.3 is 9.26 Å². The molecule has 2 aromatic carbocycles. The maximum absolute atomic E-state index is 12.5. The van der Waals surface area contributed by atoms with Crippen molar-refractivity contribution in [2.75, 3.05) is 11.1 Å². The van der Waals surface area contributed by atoms with Crippen LogP contribution in [0.2, 0.25) is 5.02 Å². The Labute approximate surface area is 186 Å². The Morgan fingerprint density at radius 2 is 1.97 bits per heavy atom. The average molecular weight is 445 g/mol. The van der Waals surface area contributed by atoms with E-state index in [0.29, 0.717) is 22.2 Å². The van der Waals surface area contributed by atoms with Crippen LogP contribution < -0.4 is 5.32 Å². The molecule has 0 spiro atoms. The number of carbonyl (C=O) groups excluding carboxylic acids is 1. The van der Waals surface area contributed by atoms with Crippen LogP contribution in [0.3, 0.4) is 0 Å². The van der Waals surface area contributed by atoms with E-state index in [0.717, 1.165) is 22.6 Å². The first-order valence-corrected chi connectivity index (χ1v) is 11.4. The number of aromatic nitrogens is 1. The number of thioether (sulfide) groups is 1. The lowest BCUT2D eigenvalue weighted by Crippen LogP contribution is -2.17. The highest BCUT2D eigenvalue weighted by Gasteiger charge is 2.20. The number of anilines is 1. The highest BCUT2D eigenvalue weighted by atomic mass is 35.5. The fourth-order valence-electron chi connectivity index (χ4n) is 2.96. The van der Waals surface area contributed by atoms with Crippen LogP contribution >= 0.6 is 23.4 Å². The summed E-state index contributed by atoms with van der Waals surface area (Å²) in [5.41, 5.74) is 3.91. The molecule has 7 heteroatoms. The Bertz CT molecular complexity index is 988. The van der Waals surface area contributed by atoms with Crippen molar-refractivity contribution in [3.63, 3.8) is 0 Å². The van der Waals surface area contributed by atoms with Gasteiger partial charge in [-0.1, -0.05) is 66.1 Å². The number of hydrogen-bond acceptors (Lipinski definition) is 5. The van der Waals surface area contributed by atoms with Gasteiger partial charge in [-0.05, 0) is 37.7 Å². The van der Waals surface area contributed by atoms with Crippen LogP contribution in [0.25, 0.3) is 11.3 Å². The van der Waals surface area contributed by atoms with Crippen molar-refractivity contribution in [3.05, 3.63) is 70.4 Å². The van der Waals surface area contributed by atoms with E-state index in [1.165, 1.54) is 12.0 Å². The lowest BCUT2D eigenvalue weighted by atomic mass is 10.1. The van der Waals surface area contributed by atoms with E-state index in [1.807, 2.05) is 42.1 Å². The van der Waals surface area contributed by atoms with Crippen LogP contribution in [0, 0.1) is 6.92 Å². The minimum Gasteiger partial charge on any atom is -0.441 e. The smallest absolute Gasteiger partial charge is 0.412 e.